The molecule has 0 aromatic carbocycles. The highest BCUT2D eigenvalue weighted by Crippen LogP contribution is 2.11. The zero-order chi connectivity index (χ0) is 13.2. The number of nitrogens with one attached hydrogen (secondary N) is 1. The van der Waals surface area contributed by atoms with Crippen molar-refractivity contribution in [1.82, 2.24) is 14.9 Å². The molecule has 1 aromatic heterocycles. The Morgan fingerprint density at radius 3 is 2.65 bits per heavy atom. The van der Waals surface area contributed by atoms with Gasteiger partial charge >= 0.3 is 0 Å². The minimum absolute atomic E-state index is 0.00161. The number of amides is 1. The SMILES string of the molecule is CC(C)NC(=O)C(C)n1cnc(Cl)c(N)c1=O. The number of nitrogens with two attached hydrogens (primary N) is 1. The van der Waals surface area contributed by atoms with Gasteiger partial charge in [-0.1, -0.05) is 11.6 Å². The third-order valence-electron chi connectivity index (χ3n) is 2.21. The fourth-order valence-electron chi connectivity index (χ4n) is 1.27. The van der Waals surface area contributed by atoms with Crippen molar-refractivity contribution in [2.75, 3.05) is 5.73 Å². The van der Waals surface area contributed by atoms with Gasteiger partial charge in [-0.25, -0.2) is 4.98 Å². The van der Waals surface area contributed by atoms with E-state index in [2.05, 4.69) is 10.3 Å². The fourth-order valence-corrected chi connectivity index (χ4v) is 1.39. The highest BCUT2D eigenvalue weighted by Gasteiger charge is 2.18. The van der Waals surface area contributed by atoms with Crippen LogP contribution < -0.4 is 16.6 Å². The molecule has 1 unspecified atom stereocenters. The van der Waals surface area contributed by atoms with Crippen LogP contribution in [0.5, 0.6) is 0 Å². The van der Waals surface area contributed by atoms with E-state index >= 15 is 0 Å². The van der Waals surface area contributed by atoms with Gasteiger partial charge in [0.05, 0.1) is 0 Å². The first-order chi connectivity index (χ1) is 7.84. The summed E-state index contributed by atoms with van der Waals surface area (Å²) >= 11 is 5.60. The van der Waals surface area contributed by atoms with E-state index in [1.54, 1.807) is 6.92 Å². The molecule has 0 saturated carbocycles. The second-order valence-electron chi connectivity index (χ2n) is 4.00. The third kappa shape index (κ3) is 2.97. The van der Waals surface area contributed by atoms with Crippen LogP contribution in [0.25, 0.3) is 0 Å². The van der Waals surface area contributed by atoms with Crippen LogP contribution in [0.4, 0.5) is 5.69 Å². The molecule has 3 N–H and O–H groups in total. The van der Waals surface area contributed by atoms with E-state index in [0.29, 0.717) is 0 Å². The van der Waals surface area contributed by atoms with E-state index < -0.39 is 11.6 Å². The molecule has 1 atom stereocenters. The van der Waals surface area contributed by atoms with Gasteiger partial charge in [-0.05, 0) is 20.8 Å². The number of carbonyl (C=O) groups excluding carboxylic acids is 1. The van der Waals surface area contributed by atoms with Gasteiger partial charge in [-0.3, -0.25) is 14.2 Å². The Bertz CT molecular complexity index is 484. The molecule has 1 amide bonds. The van der Waals surface area contributed by atoms with E-state index in [9.17, 15) is 9.59 Å². The molecule has 0 saturated heterocycles. The Morgan fingerprint density at radius 2 is 2.12 bits per heavy atom. The summed E-state index contributed by atoms with van der Waals surface area (Å²) in [4.78, 5) is 27.2. The van der Waals surface area contributed by atoms with Crippen molar-refractivity contribution >= 4 is 23.2 Å². The van der Waals surface area contributed by atoms with Crippen LogP contribution in [0.2, 0.25) is 5.15 Å². The summed E-state index contributed by atoms with van der Waals surface area (Å²) < 4.78 is 1.15. The second kappa shape index (κ2) is 5.18. The van der Waals surface area contributed by atoms with Gasteiger partial charge in [0.15, 0.2) is 5.15 Å². The Kier molecular flexibility index (Phi) is 4.11. The lowest BCUT2D eigenvalue weighted by molar-refractivity contribution is -0.124. The second-order valence-corrected chi connectivity index (χ2v) is 4.36. The van der Waals surface area contributed by atoms with Gasteiger partial charge in [-0.15, -0.1) is 0 Å². The van der Waals surface area contributed by atoms with E-state index in [1.165, 1.54) is 6.33 Å². The van der Waals surface area contributed by atoms with E-state index in [4.69, 9.17) is 17.3 Å². The maximum Gasteiger partial charge on any atom is 0.278 e. The Labute approximate surface area is 104 Å². The summed E-state index contributed by atoms with van der Waals surface area (Å²) in [7, 11) is 0. The molecule has 0 fully saturated rings. The molecule has 1 aromatic rings. The summed E-state index contributed by atoms with van der Waals surface area (Å²) in [5.41, 5.74) is 4.79. The van der Waals surface area contributed by atoms with Gasteiger partial charge in [-0.2, -0.15) is 0 Å². The molecular formula is C10H15ClN4O2. The minimum Gasteiger partial charge on any atom is -0.392 e. The predicted octanol–water partition coefficient (Wildman–Crippen LogP) is 0.565. The number of hydrogen-bond acceptors (Lipinski definition) is 4. The van der Waals surface area contributed by atoms with E-state index in [-0.39, 0.29) is 22.8 Å². The van der Waals surface area contributed by atoms with E-state index in [0.717, 1.165) is 4.57 Å². The molecule has 17 heavy (non-hydrogen) atoms. The number of nitrogens with zero attached hydrogens (tertiary/aromatic N) is 2. The average Bonchev–Trinajstić information content (AvgIpc) is 2.24. The normalized spacial score (nSPS) is 12.5. The monoisotopic (exact) mass is 258 g/mol. The van der Waals surface area contributed by atoms with E-state index in [1.807, 2.05) is 13.8 Å². The number of aromatic nitrogens is 2. The molecular weight excluding hydrogens is 244 g/mol. The maximum absolute atomic E-state index is 11.8. The standard InChI is InChI=1S/C10H15ClN4O2/c1-5(2)14-9(16)6(3)15-4-13-8(11)7(12)10(15)17/h4-6H,12H2,1-3H3,(H,14,16). The Balaban J connectivity index is 3.05. The van der Waals surface area contributed by atoms with Crippen molar-refractivity contribution < 1.29 is 4.79 Å². The molecule has 0 spiro atoms. The third-order valence-corrected chi connectivity index (χ3v) is 2.51. The molecule has 1 rings (SSSR count). The molecule has 94 valence electrons. The summed E-state index contributed by atoms with van der Waals surface area (Å²) in [5.74, 6) is -0.273. The fraction of sp³-hybridized carbons (Fsp3) is 0.500. The molecule has 1 heterocycles. The van der Waals surface area contributed by atoms with Gasteiger partial charge in [0.1, 0.15) is 18.1 Å². The maximum atomic E-state index is 11.8. The number of hydrogen-bond donors (Lipinski definition) is 2. The van der Waals surface area contributed by atoms with Crippen molar-refractivity contribution in [1.29, 1.82) is 0 Å². The highest BCUT2D eigenvalue weighted by molar-refractivity contribution is 6.31. The minimum atomic E-state index is -0.683. The molecule has 0 radical (unpaired) electrons. The molecule has 7 heteroatoms. The van der Waals surface area contributed by atoms with Gasteiger partial charge < -0.3 is 11.1 Å². The summed E-state index contributed by atoms with van der Waals surface area (Å²) in [6, 6.07) is -0.685. The van der Waals surface area contributed by atoms with Crippen LogP contribution in [0, 0.1) is 0 Å². The molecule has 0 aliphatic rings. The zero-order valence-electron chi connectivity index (χ0n) is 9.90. The number of rotatable bonds is 3. The van der Waals surface area contributed by atoms with Gasteiger partial charge in [0.25, 0.3) is 5.56 Å². The number of carbonyl (C=O) groups is 1. The molecule has 6 nitrogen and oxygen atoms in total. The lowest BCUT2D eigenvalue weighted by Gasteiger charge is -2.16. The van der Waals surface area contributed by atoms with Crippen molar-refractivity contribution in [2.45, 2.75) is 32.9 Å². The Hall–Kier alpha value is -1.56. The first kappa shape index (κ1) is 13.5. The van der Waals surface area contributed by atoms with Crippen LogP contribution in [-0.2, 0) is 4.79 Å². The van der Waals surface area contributed by atoms with Crippen LogP contribution in [0.3, 0.4) is 0 Å². The van der Waals surface area contributed by atoms with Crippen LogP contribution in [0.1, 0.15) is 26.8 Å². The summed E-state index contributed by atoms with van der Waals surface area (Å²) in [6.07, 6.45) is 1.21. The summed E-state index contributed by atoms with van der Waals surface area (Å²) in [5, 5.41) is 2.65. The van der Waals surface area contributed by atoms with Crippen LogP contribution >= 0.6 is 11.6 Å². The van der Waals surface area contributed by atoms with Crippen molar-refractivity contribution in [3.8, 4) is 0 Å². The van der Waals surface area contributed by atoms with Gasteiger partial charge in [0.2, 0.25) is 5.91 Å². The molecule has 0 bridgehead atoms. The Morgan fingerprint density at radius 1 is 1.53 bits per heavy atom. The average molecular weight is 259 g/mol. The zero-order valence-corrected chi connectivity index (χ0v) is 10.7. The molecule has 0 aliphatic carbocycles. The quantitative estimate of drug-likeness (QED) is 0.776. The van der Waals surface area contributed by atoms with Crippen molar-refractivity contribution in [3.05, 3.63) is 21.8 Å². The molecule has 0 aliphatic heterocycles. The predicted molar refractivity (Wildman–Crippen MR) is 65.9 cm³/mol. The van der Waals surface area contributed by atoms with Crippen LogP contribution in [-0.4, -0.2) is 21.5 Å². The number of anilines is 1. The van der Waals surface area contributed by atoms with Crippen LogP contribution in [0.15, 0.2) is 11.1 Å². The van der Waals surface area contributed by atoms with Gasteiger partial charge in [0, 0.05) is 6.04 Å². The lowest BCUT2D eigenvalue weighted by Crippen LogP contribution is -2.39. The first-order valence-electron chi connectivity index (χ1n) is 5.17. The summed E-state index contributed by atoms with van der Waals surface area (Å²) in [6.45, 7) is 5.26. The smallest absolute Gasteiger partial charge is 0.278 e. The highest BCUT2D eigenvalue weighted by atomic mass is 35.5. The van der Waals surface area contributed by atoms with Crippen molar-refractivity contribution in [2.24, 2.45) is 0 Å². The number of halogens is 1. The lowest BCUT2D eigenvalue weighted by atomic mass is 10.2. The van der Waals surface area contributed by atoms with Crippen molar-refractivity contribution in [3.63, 3.8) is 0 Å². The first-order valence-corrected chi connectivity index (χ1v) is 5.55. The largest absolute Gasteiger partial charge is 0.392 e. The topological polar surface area (TPSA) is 90.0 Å². The number of nitrogen functional groups attached to an aromatic ring is 1.